The van der Waals surface area contributed by atoms with Gasteiger partial charge in [0.15, 0.2) is 5.78 Å². The number of aromatic nitrogens is 1. The maximum Gasteiger partial charge on any atom is 0.164 e. The highest BCUT2D eigenvalue weighted by Gasteiger charge is 2.21. The van der Waals surface area contributed by atoms with E-state index in [0.717, 1.165) is 24.8 Å². The van der Waals surface area contributed by atoms with Crippen molar-refractivity contribution in [3.63, 3.8) is 0 Å². The summed E-state index contributed by atoms with van der Waals surface area (Å²) in [7, 11) is 0. The number of aryl methyl sites for hydroxylation is 1. The minimum Gasteiger partial charge on any atom is -0.311 e. The van der Waals surface area contributed by atoms with Gasteiger partial charge in [0.05, 0.1) is 0 Å². The molecule has 66 valence electrons. The van der Waals surface area contributed by atoms with Gasteiger partial charge in [-0.2, -0.15) is 0 Å². The van der Waals surface area contributed by atoms with Crippen LogP contribution >= 0.6 is 11.3 Å². The number of nitrogens with zero attached hydrogens (tertiary/aromatic N) is 1. The summed E-state index contributed by atoms with van der Waals surface area (Å²) in [4.78, 5) is 12.7. The lowest BCUT2D eigenvalue weighted by molar-refractivity contribution is 0.0972. The number of hydrogen-bond acceptors (Lipinski definition) is 2. The Hall–Kier alpha value is -1.09. The van der Waals surface area contributed by atoms with Crippen molar-refractivity contribution < 1.29 is 4.79 Å². The Balaban J connectivity index is 2.37. The molecule has 3 rings (SSSR count). The number of carbonyl (C=O) groups excluding carboxylic acids is 1. The molecule has 0 spiro atoms. The standard InChI is InChI=1S/C10H9NOS/c12-9-3-1-2-8-7(9)6-10-11(8)4-5-13-10/h4-6H,1-3H2. The van der Waals surface area contributed by atoms with Crippen molar-refractivity contribution in [2.45, 2.75) is 19.3 Å². The average molecular weight is 191 g/mol. The highest BCUT2D eigenvalue weighted by atomic mass is 32.1. The van der Waals surface area contributed by atoms with Gasteiger partial charge in [0.1, 0.15) is 4.83 Å². The summed E-state index contributed by atoms with van der Waals surface area (Å²) >= 11 is 1.69. The van der Waals surface area contributed by atoms with Gasteiger partial charge in [0.2, 0.25) is 0 Å². The summed E-state index contributed by atoms with van der Waals surface area (Å²) in [5, 5.41) is 2.06. The molecule has 0 aliphatic heterocycles. The highest BCUT2D eigenvalue weighted by Crippen LogP contribution is 2.27. The van der Waals surface area contributed by atoms with Gasteiger partial charge in [0.25, 0.3) is 0 Å². The van der Waals surface area contributed by atoms with E-state index in [1.165, 1.54) is 10.5 Å². The van der Waals surface area contributed by atoms with Crippen LogP contribution in [0, 0.1) is 0 Å². The topological polar surface area (TPSA) is 21.5 Å². The van der Waals surface area contributed by atoms with Crippen molar-refractivity contribution in [3.8, 4) is 0 Å². The first kappa shape index (κ1) is 7.33. The molecule has 0 unspecified atom stereocenters. The van der Waals surface area contributed by atoms with Crippen molar-refractivity contribution >= 4 is 22.0 Å². The van der Waals surface area contributed by atoms with Crippen LogP contribution < -0.4 is 0 Å². The number of fused-ring (bicyclic) bond motifs is 3. The van der Waals surface area contributed by atoms with E-state index in [4.69, 9.17) is 0 Å². The third-order valence-corrected chi connectivity index (χ3v) is 3.44. The number of Topliss-reactive ketones (excluding diaryl/α,β-unsaturated/α-hetero) is 1. The molecule has 0 amide bonds. The van der Waals surface area contributed by atoms with E-state index in [9.17, 15) is 4.79 Å². The maximum absolute atomic E-state index is 11.5. The Morgan fingerprint density at radius 3 is 3.23 bits per heavy atom. The van der Waals surface area contributed by atoms with E-state index in [1.54, 1.807) is 11.3 Å². The zero-order valence-corrected chi connectivity index (χ0v) is 7.93. The van der Waals surface area contributed by atoms with Crippen LogP contribution in [0.15, 0.2) is 17.6 Å². The van der Waals surface area contributed by atoms with Crippen LogP contribution in [0.2, 0.25) is 0 Å². The number of ketones is 1. The fraction of sp³-hybridized carbons (Fsp3) is 0.300. The monoisotopic (exact) mass is 191 g/mol. The fourth-order valence-electron chi connectivity index (χ4n) is 2.00. The van der Waals surface area contributed by atoms with Crippen LogP contribution in [0.5, 0.6) is 0 Å². The lowest BCUT2D eigenvalue weighted by Crippen LogP contribution is -2.09. The molecule has 2 aromatic rings. The molecule has 3 heteroatoms. The molecule has 0 saturated carbocycles. The van der Waals surface area contributed by atoms with Crippen molar-refractivity contribution in [2.24, 2.45) is 0 Å². The second-order valence-electron chi connectivity index (χ2n) is 3.39. The molecule has 0 aromatic carbocycles. The minimum atomic E-state index is 0.317. The zero-order chi connectivity index (χ0) is 8.84. The lowest BCUT2D eigenvalue weighted by atomic mass is 9.97. The predicted molar refractivity (Wildman–Crippen MR) is 52.5 cm³/mol. The number of carbonyl (C=O) groups is 1. The van der Waals surface area contributed by atoms with Crippen molar-refractivity contribution in [1.82, 2.24) is 4.40 Å². The van der Waals surface area contributed by atoms with E-state index in [-0.39, 0.29) is 0 Å². The van der Waals surface area contributed by atoms with Crippen molar-refractivity contribution in [2.75, 3.05) is 0 Å². The summed E-state index contributed by atoms with van der Waals surface area (Å²) < 4.78 is 2.15. The Morgan fingerprint density at radius 1 is 1.38 bits per heavy atom. The Labute approximate surface area is 79.8 Å². The average Bonchev–Trinajstić information content (AvgIpc) is 2.65. The van der Waals surface area contributed by atoms with E-state index >= 15 is 0 Å². The maximum atomic E-state index is 11.5. The first-order valence-electron chi connectivity index (χ1n) is 4.47. The molecule has 2 aromatic heterocycles. The summed E-state index contributed by atoms with van der Waals surface area (Å²) in [6.07, 6.45) is 4.84. The molecule has 13 heavy (non-hydrogen) atoms. The number of hydrogen-bond donors (Lipinski definition) is 0. The van der Waals surface area contributed by atoms with E-state index < -0.39 is 0 Å². The molecule has 2 heterocycles. The van der Waals surface area contributed by atoms with E-state index in [0.29, 0.717) is 5.78 Å². The van der Waals surface area contributed by atoms with Gasteiger partial charge < -0.3 is 4.40 Å². The normalized spacial score (nSPS) is 16.5. The van der Waals surface area contributed by atoms with Crippen molar-refractivity contribution in [1.29, 1.82) is 0 Å². The molecule has 1 aliphatic rings. The smallest absolute Gasteiger partial charge is 0.164 e. The first-order valence-corrected chi connectivity index (χ1v) is 5.35. The van der Waals surface area contributed by atoms with Crippen LogP contribution in [0.1, 0.15) is 28.9 Å². The van der Waals surface area contributed by atoms with E-state index in [2.05, 4.69) is 16.0 Å². The van der Waals surface area contributed by atoms with Gasteiger partial charge in [-0.15, -0.1) is 11.3 Å². The first-order chi connectivity index (χ1) is 6.36. The molecule has 2 nitrogen and oxygen atoms in total. The zero-order valence-electron chi connectivity index (χ0n) is 7.12. The van der Waals surface area contributed by atoms with Crippen LogP contribution in [-0.2, 0) is 6.42 Å². The second kappa shape index (κ2) is 2.45. The molecule has 0 fully saturated rings. The lowest BCUT2D eigenvalue weighted by Gasteiger charge is -2.09. The summed E-state index contributed by atoms with van der Waals surface area (Å²) in [6.45, 7) is 0. The van der Waals surface area contributed by atoms with Gasteiger partial charge in [0, 0.05) is 29.3 Å². The molecule has 0 bridgehead atoms. The molecule has 1 aliphatic carbocycles. The SMILES string of the molecule is O=C1CCCc2c1cc1sccn21. The fourth-order valence-corrected chi connectivity index (χ4v) is 2.79. The summed E-state index contributed by atoms with van der Waals surface area (Å²) in [6, 6.07) is 2.03. The summed E-state index contributed by atoms with van der Waals surface area (Å²) in [5.41, 5.74) is 2.17. The highest BCUT2D eigenvalue weighted by molar-refractivity contribution is 7.15. The van der Waals surface area contributed by atoms with Crippen LogP contribution in [-0.4, -0.2) is 10.2 Å². The molecule has 0 radical (unpaired) electrons. The van der Waals surface area contributed by atoms with Crippen LogP contribution in [0.3, 0.4) is 0 Å². The molecular formula is C10H9NOS. The Morgan fingerprint density at radius 2 is 2.31 bits per heavy atom. The number of thiazole rings is 1. The van der Waals surface area contributed by atoms with Gasteiger partial charge in [-0.05, 0) is 18.9 Å². The minimum absolute atomic E-state index is 0.317. The van der Waals surface area contributed by atoms with Crippen LogP contribution in [0.4, 0.5) is 0 Å². The van der Waals surface area contributed by atoms with Crippen LogP contribution in [0.25, 0.3) is 4.83 Å². The summed E-state index contributed by atoms with van der Waals surface area (Å²) in [5.74, 6) is 0.317. The molecular weight excluding hydrogens is 182 g/mol. The molecule has 0 N–H and O–H groups in total. The Kier molecular flexibility index (Phi) is 1.38. The third-order valence-electron chi connectivity index (χ3n) is 2.62. The van der Waals surface area contributed by atoms with Crippen molar-refractivity contribution in [3.05, 3.63) is 28.9 Å². The largest absolute Gasteiger partial charge is 0.311 e. The second-order valence-corrected chi connectivity index (χ2v) is 4.32. The molecule has 0 saturated heterocycles. The quantitative estimate of drug-likeness (QED) is 0.627. The van der Waals surface area contributed by atoms with Gasteiger partial charge in [-0.25, -0.2) is 0 Å². The van der Waals surface area contributed by atoms with Gasteiger partial charge in [-0.1, -0.05) is 0 Å². The van der Waals surface area contributed by atoms with Gasteiger partial charge >= 0.3 is 0 Å². The van der Waals surface area contributed by atoms with Gasteiger partial charge in [-0.3, -0.25) is 4.79 Å². The molecule has 0 atom stereocenters. The number of rotatable bonds is 0. The predicted octanol–water partition coefficient (Wildman–Crippen LogP) is 2.52. The Bertz CT molecular complexity index is 480. The third kappa shape index (κ3) is 0.907. The van der Waals surface area contributed by atoms with E-state index in [1.807, 2.05) is 6.07 Å².